The molecule has 0 radical (unpaired) electrons. The molecule has 1 aliphatic heterocycles. The van der Waals surface area contributed by atoms with Gasteiger partial charge in [0.15, 0.2) is 5.09 Å². The Morgan fingerprint density at radius 3 is 2.69 bits per heavy atom. The van der Waals surface area contributed by atoms with E-state index in [2.05, 4.69) is 6.08 Å². The molecule has 66 valence electrons. The van der Waals surface area contributed by atoms with Crippen molar-refractivity contribution in [2.45, 2.75) is 0 Å². The Balaban J connectivity index is 2.06. The van der Waals surface area contributed by atoms with Crippen LogP contribution in [0.5, 0.6) is 5.75 Å². The van der Waals surface area contributed by atoms with E-state index in [9.17, 15) is 0 Å². The summed E-state index contributed by atoms with van der Waals surface area (Å²) in [5.41, 5.74) is 0. The number of allylic oxidation sites excluding steroid dienone is 2. The molecule has 1 nitrogen and oxygen atoms in total. The van der Waals surface area contributed by atoms with Crippen LogP contribution in [0.1, 0.15) is 0 Å². The Hall–Kier alpha value is -1.15. The summed E-state index contributed by atoms with van der Waals surface area (Å²) in [6.07, 6.45) is 6.12. The van der Waals surface area contributed by atoms with Crippen molar-refractivity contribution in [3.63, 3.8) is 0 Å². The number of hydrogen-bond acceptors (Lipinski definition) is 2. The van der Waals surface area contributed by atoms with Crippen molar-refractivity contribution < 1.29 is 4.74 Å². The molecule has 0 atom stereocenters. The molecule has 0 fully saturated rings. The fraction of sp³-hybridized carbons (Fsp3) is 0.0909. The van der Waals surface area contributed by atoms with Gasteiger partial charge in [-0.1, -0.05) is 42.1 Å². The van der Waals surface area contributed by atoms with Gasteiger partial charge in [0, 0.05) is 5.75 Å². The Kier molecular flexibility index (Phi) is 2.72. The third kappa shape index (κ3) is 2.39. The van der Waals surface area contributed by atoms with Gasteiger partial charge in [0.25, 0.3) is 0 Å². The highest BCUT2D eigenvalue weighted by Gasteiger charge is 2.01. The van der Waals surface area contributed by atoms with Crippen LogP contribution >= 0.6 is 11.8 Å². The highest BCUT2D eigenvalue weighted by atomic mass is 32.2. The number of rotatable bonds is 2. The second-order valence-electron chi connectivity index (χ2n) is 2.64. The smallest absolute Gasteiger partial charge is 0.161 e. The third-order valence-corrected chi connectivity index (χ3v) is 2.51. The first-order valence-electron chi connectivity index (χ1n) is 4.18. The van der Waals surface area contributed by atoms with E-state index in [0.717, 1.165) is 16.6 Å². The lowest BCUT2D eigenvalue weighted by Gasteiger charge is -2.09. The maximum Gasteiger partial charge on any atom is 0.161 e. The molecule has 1 aliphatic rings. The van der Waals surface area contributed by atoms with E-state index in [4.69, 9.17) is 4.74 Å². The van der Waals surface area contributed by atoms with Gasteiger partial charge >= 0.3 is 0 Å². The highest BCUT2D eigenvalue weighted by Crippen LogP contribution is 2.23. The minimum absolute atomic E-state index is 0.900. The molecule has 0 saturated heterocycles. The van der Waals surface area contributed by atoms with Crippen LogP contribution in [0.25, 0.3) is 0 Å². The van der Waals surface area contributed by atoms with Crippen LogP contribution in [0, 0.1) is 0 Å². The molecular weight excluding hydrogens is 180 g/mol. The lowest BCUT2D eigenvalue weighted by Crippen LogP contribution is -1.93. The SMILES string of the molecule is C1=CCSC(Oc2ccccc2)=C1. The molecule has 1 aromatic rings. The minimum atomic E-state index is 0.900. The van der Waals surface area contributed by atoms with Gasteiger partial charge in [-0.05, 0) is 18.2 Å². The zero-order chi connectivity index (χ0) is 8.93. The van der Waals surface area contributed by atoms with Crippen LogP contribution in [0.15, 0.2) is 53.7 Å². The average Bonchev–Trinajstić information content (AvgIpc) is 2.21. The standard InChI is InChI=1S/C11H10OS/c1-2-6-10(7-3-1)12-11-8-4-5-9-13-11/h1-8H,9H2. The molecule has 0 amide bonds. The minimum Gasteiger partial charge on any atom is -0.451 e. The maximum atomic E-state index is 5.63. The predicted molar refractivity (Wildman–Crippen MR) is 56.8 cm³/mol. The Bertz CT molecular complexity index is 327. The molecule has 2 heteroatoms. The van der Waals surface area contributed by atoms with Gasteiger partial charge < -0.3 is 4.74 Å². The van der Waals surface area contributed by atoms with Crippen molar-refractivity contribution in [2.75, 3.05) is 5.75 Å². The monoisotopic (exact) mass is 190 g/mol. The Morgan fingerprint density at radius 2 is 2.00 bits per heavy atom. The molecule has 0 N–H and O–H groups in total. The quantitative estimate of drug-likeness (QED) is 0.708. The summed E-state index contributed by atoms with van der Waals surface area (Å²) in [5.74, 6) is 1.90. The van der Waals surface area contributed by atoms with Gasteiger partial charge in [-0.25, -0.2) is 0 Å². The lowest BCUT2D eigenvalue weighted by molar-refractivity contribution is 0.466. The van der Waals surface area contributed by atoms with E-state index >= 15 is 0 Å². The lowest BCUT2D eigenvalue weighted by atomic mass is 10.3. The van der Waals surface area contributed by atoms with E-state index in [-0.39, 0.29) is 0 Å². The van der Waals surface area contributed by atoms with E-state index in [0.29, 0.717) is 0 Å². The largest absolute Gasteiger partial charge is 0.451 e. The van der Waals surface area contributed by atoms with Gasteiger partial charge in [-0.2, -0.15) is 0 Å². The molecule has 0 aromatic heterocycles. The van der Waals surface area contributed by atoms with Gasteiger partial charge in [-0.3, -0.25) is 0 Å². The molecule has 1 aromatic carbocycles. The summed E-state index contributed by atoms with van der Waals surface area (Å²) < 4.78 is 5.63. The third-order valence-electron chi connectivity index (χ3n) is 1.65. The number of benzene rings is 1. The van der Waals surface area contributed by atoms with Crippen LogP contribution in [0.4, 0.5) is 0 Å². The molecule has 0 saturated carbocycles. The second kappa shape index (κ2) is 4.19. The van der Waals surface area contributed by atoms with Crippen LogP contribution in [-0.4, -0.2) is 5.75 Å². The van der Waals surface area contributed by atoms with E-state index in [1.54, 1.807) is 11.8 Å². The Morgan fingerprint density at radius 1 is 1.15 bits per heavy atom. The molecule has 0 unspecified atom stereocenters. The number of ether oxygens (including phenoxy) is 1. The first-order valence-corrected chi connectivity index (χ1v) is 5.16. The molecule has 2 rings (SSSR count). The van der Waals surface area contributed by atoms with Crippen molar-refractivity contribution in [1.29, 1.82) is 0 Å². The first-order chi connectivity index (χ1) is 6.45. The summed E-state index contributed by atoms with van der Waals surface area (Å²) in [7, 11) is 0. The van der Waals surface area contributed by atoms with Gasteiger partial charge in [0.05, 0.1) is 0 Å². The van der Waals surface area contributed by atoms with Crippen LogP contribution in [-0.2, 0) is 0 Å². The van der Waals surface area contributed by atoms with Gasteiger partial charge in [0.1, 0.15) is 5.75 Å². The molecule has 1 heterocycles. The summed E-state index contributed by atoms with van der Waals surface area (Å²) in [6.45, 7) is 0. The molecule has 13 heavy (non-hydrogen) atoms. The molecule has 0 spiro atoms. The molecule has 0 bridgehead atoms. The fourth-order valence-electron chi connectivity index (χ4n) is 1.05. The summed E-state index contributed by atoms with van der Waals surface area (Å²) in [5, 5.41) is 0.966. The van der Waals surface area contributed by atoms with E-state index < -0.39 is 0 Å². The van der Waals surface area contributed by atoms with Crippen LogP contribution in [0.3, 0.4) is 0 Å². The van der Waals surface area contributed by atoms with E-state index in [1.165, 1.54) is 0 Å². The van der Waals surface area contributed by atoms with Crippen molar-refractivity contribution in [2.24, 2.45) is 0 Å². The Labute approximate surface area is 82.1 Å². The maximum absolute atomic E-state index is 5.63. The summed E-state index contributed by atoms with van der Waals surface area (Å²) in [4.78, 5) is 0. The summed E-state index contributed by atoms with van der Waals surface area (Å²) in [6, 6.07) is 9.84. The zero-order valence-corrected chi connectivity index (χ0v) is 7.96. The van der Waals surface area contributed by atoms with Crippen LogP contribution < -0.4 is 4.74 Å². The number of hydrogen-bond donors (Lipinski definition) is 0. The van der Waals surface area contributed by atoms with Crippen molar-refractivity contribution in [3.8, 4) is 5.75 Å². The predicted octanol–water partition coefficient (Wildman–Crippen LogP) is 3.21. The fourth-order valence-corrected chi connectivity index (χ4v) is 1.75. The first kappa shape index (κ1) is 8.45. The average molecular weight is 190 g/mol. The molecule has 0 aliphatic carbocycles. The molecular formula is C11H10OS. The van der Waals surface area contributed by atoms with Crippen molar-refractivity contribution in [3.05, 3.63) is 53.7 Å². The normalized spacial score (nSPS) is 15.2. The number of para-hydroxylation sites is 1. The number of thioether (sulfide) groups is 1. The zero-order valence-electron chi connectivity index (χ0n) is 7.14. The van der Waals surface area contributed by atoms with Crippen molar-refractivity contribution >= 4 is 11.8 Å². The van der Waals surface area contributed by atoms with Crippen LogP contribution in [0.2, 0.25) is 0 Å². The highest BCUT2D eigenvalue weighted by molar-refractivity contribution is 8.03. The van der Waals surface area contributed by atoms with Gasteiger partial charge in [0.2, 0.25) is 0 Å². The topological polar surface area (TPSA) is 9.23 Å². The van der Waals surface area contributed by atoms with E-state index in [1.807, 2.05) is 42.5 Å². The van der Waals surface area contributed by atoms with Crippen molar-refractivity contribution in [1.82, 2.24) is 0 Å². The van der Waals surface area contributed by atoms with Gasteiger partial charge in [-0.15, -0.1) is 0 Å². The second-order valence-corrected chi connectivity index (χ2v) is 3.66. The summed E-state index contributed by atoms with van der Waals surface area (Å²) >= 11 is 1.71.